The molecule has 0 aliphatic carbocycles. The molecule has 6 nitrogen and oxygen atoms in total. The average molecular weight is 281 g/mol. The number of rotatable bonds is 6. The molecule has 2 amide bonds. The molecular formula is C14H27N5O. The Labute approximate surface area is 121 Å². The number of nitrogens with one attached hydrogen (secondary N) is 2. The number of hydrogen-bond acceptors (Lipinski definition) is 3. The van der Waals surface area contributed by atoms with E-state index in [2.05, 4.69) is 27.1 Å². The molecule has 0 unspecified atom stereocenters. The number of nitrogens with two attached hydrogens (primary N) is 1. The molecule has 0 saturated carbocycles. The Hall–Kier alpha value is -1.56. The molecule has 1 heterocycles. The molecule has 1 aliphatic rings. The van der Waals surface area contributed by atoms with Crippen molar-refractivity contribution >= 4 is 12.0 Å². The maximum Gasteiger partial charge on any atom is 0.321 e. The van der Waals surface area contributed by atoms with Crippen molar-refractivity contribution in [1.82, 2.24) is 15.5 Å². The summed E-state index contributed by atoms with van der Waals surface area (Å²) in [6, 6.07) is -0.299. The second kappa shape index (κ2) is 9.36. The van der Waals surface area contributed by atoms with E-state index in [-0.39, 0.29) is 12.0 Å². The van der Waals surface area contributed by atoms with Crippen molar-refractivity contribution in [3.8, 4) is 0 Å². The van der Waals surface area contributed by atoms with E-state index in [9.17, 15) is 4.79 Å². The quantitative estimate of drug-likeness (QED) is 0.294. The van der Waals surface area contributed by atoms with Gasteiger partial charge in [-0.05, 0) is 45.8 Å². The van der Waals surface area contributed by atoms with Gasteiger partial charge in [0, 0.05) is 6.54 Å². The molecule has 0 aromatic heterocycles. The predicted molar refractivity (Wildman–Crippen MR) is 82.7 cm³/mol. The van der Waals surface area contributed by atoms with E-state index < -0.39 is 0 Å². The molecule has 0 bridgehead atoms. The van der Waals surface area contributed by atoms with Crippen LogP contribution in [0.4, 0.5) is 4.79 Å². The minimum Gasteiger partial charge on any atom is -0.370 e. The Bertz CT molecular complexity index is 347. The van der Waals surface area contributed by atoms with Crippen molar-refractivity contribution in [3.05, 3.63) is 12.2 Å². The van der Waals surface area contributed by atoms with Crippen molar-refractivity contribution in [2.45, 2.75) is 32.6 Å². The van der Waals surface area contributed by atoms with Crippen molar-refractivity contribution in [2.24, 2.45) is 10.7 Å². The first-order valence-electron chi connectivity index (χ1n) is 7.29. The third kappa shape index (κ3) is 7.78. The molecule has 0 atom stereocenters. The molecule has 1 aliphatic heterocycles. The summed E-state index contributed by atoms with van der Waals surface area (Å²) in [7, 11) is 0. The van der Waals surface area contributed by atoms with E-state index in [4.69, 9.17) is 5.73 Å². The predicted octanol–water partition coefficient (Wildman–Crippen LogP) is 1.05. The summed E-state index contributed by atoms with van der Waals surface area (Å²) in [6.07, 6.45) is 4.89. The van der Waals surface area contributed by atoms with Crippen LogP contribution in [0.3, 0.4) is 0 Å². The van der Waals surface area contributed by atoms with Gasteiger partial charge < -0.3 is 16.0 Å². The molecule has 0 radical (unpaired) electrons. The van der Waals surface area contributed by atoms with Crippen molar-refractivity contribution in [3.63, 3.8) is 0 Å². The summed E-state index contributed by atoms with van der Waals surface area (Å²) in [4.78, 5) is 18.0. The summed E-state index contributed by atoms with van der Waals surface area (Å²) in [5.41, 5.74) is 6.47. The smallest absolute Gasteiger partial charge is 0.321 e. The monoisotopic (exact) mass is 281 g/mol. The Morgan fingerprint density at radius 2 is 2.05 bits per heavy atom. The van der Waals surface area contributed by atoms with Gasteiger partial charge in [0.25, 0.3) is 0 Å². The number of urea groups is 1. The van der Waals surface area contributed by atoms with Crippen LogP contribution in [0.5, 0.6) is 0 Å². The molecule has 20 heavy (non-hydrogen) atoms. The van der Waals surface area contributed by atoms with Crippen LogP contribution in [-0.4, -0.2) is 49.6 Å². The minimum absolute atomic E-state index is 0.126. The fourth-order valence-electron chi connectivity index (χ4n) is 2.11. The highest BCUT2D eigenvalue weighted by atomic mass is 16.2. The van der Waals surface area contributed by atoms with Crippen LogP contribution in [0.1, 0.15) is 32.6 Å². The normalized spacial score (nSPS) is 16.8. The Balaban J connectivity index is 2.07. The molecule has 6 heteroatoms. The molecule has 0 aromatic carbocycles. The first-order valence-corrected chi connectivity index (χ1v) is 7.29. The number of piperidine rings is 1. The Morgan fingerprint density at radius 3 is 2.70 bits per heavy atom. The Morgan fingerprint density at radius 1 is 1.35 bits per heavy atom. The van der Waals surface area contributed by atoms with Gasteiger partial charge in [-0.1, -0.05) is 18.6 Å². The van der Waals surface area contributed by atoms with Gasteiger partial charge in [0.2, 0.25) is 0 Å². The zero-order valence-electron chi connectivity index (χ0n) is 12.5. The summed E-state index contributed by atoms with van der Waals surface area (Å²) in [5, 5.41) is 5.28. The van der Waals surface area contributed by atoms with Crippen molar-refractivity contribution in [1.29, 1.82) is 0 Å². The van der Waals surface area contributed by atoms with E-state index in [0.29, 0.717) is 13.1 Å². The summed E-state index contributed by atoms with van der Waals surface area (Å²) in [5.74, 6) is 0.126. The third-order valence-electron chi connectivity index (χ3n) is 3.15. The van der Waals surface area contributed by atoms with E-state index in [0.717, 1.165) is 18.5 Å². The Kier molecular flexibility index (Phi) is 7.72. The minimum atomic E-state index is -0.299. The van der Waals surface area contributed by atoms with Gasteiger partial charge in [0.1, 0.15) is 0 Å². The van der Waals surface area contributed by atoms with Gasteiger partial charge >= 0.3 is 6.03 Å². The third-order valence-corrected chi connectivity index (χ3v) is 3.15. The number of carbonyl (C=O) groups is 1. The number of hydrogen-bond donors (Lipinski definition) is 3. The lowest BCUT2D eigenvalue weighted by Crippen LogP contribution is -2.44. The van der Waals surface area contributed by atoms with Gasteiger partial charge in [-0.2, -0.15) is 0 Å². The zero-order valence-corrected chi connectivity index (χ0v) is 12.5. The van der Waals surface area contributed by atoms with E-state index in [1.54, 1.807) is 0 Å². The van der Waals surface area contributed by atoms with Crippen LogP contribution >= 0.6 is 0 Å². The van der Waals surface area contributed by atoms with Crippen molar-refractivity contribution < 1.29 is 4.79 Å². The SMILES string of the molecule is C=C(C)CN=C(N)NC(=O)NCCCN1CCCCC1. The van der Waals surface area contributed by atoms with E-state index >= 15 is 0 Å². The fraction of sp³-hybridized carbons (Fsp3) is 0.714. The lowest BCUT2D eigenvalue weighted by atomic mass is 10.1. The molecule has 4 N–H and O–H groups in total. The van der Waals surface area contributed by atoms with Gasteiger partial charge in [0.15, 0.2) is 5.96 Å². The summed E-state index contributed by atoms with van der Waals surface area (Å²) >= 11 is 0. The van der Waals surface area contributed by atoms with Crippen LogP contribution in [0.15, 0.2) is 17.1 Å². The number of guanidine groups is 1. The van der Waals surface area contributed by atoms with Gasteiger partial charge in [-0.15, -0.1) is 0 Å². The van der Waals surface area contributed by atoms with Gasteiger partial charge in [0.05, 0.1) is 6.54 Å². The number of carbonyl (C=O) groups excluding carboxylic acids is 1. The molecule has 1 rings (SSSR count). The largest absolute Gasteiger partial charge is 0.370 e. The zero-order chi connectivity index (χ0) is 14.8. The number of aliphatic imine (C=N–C) groups is 1. The average Bonchev–Trinajstić information content (AvgIpc) is 2.42. The van der Waals surface area contributed by atoms with Crippen LogP contribution in [0, 0.1) is 0 Å². The standard InChI is InChI=1S/C14H27N5O/c1-12(2)11-17-13(15)18-14(20)16-7-6-10-19-8-4-3-5-9-19/h1,3-11H2,2H3,(H4,15,16,17,18,20). The second-order valence-corrected chi connectivity index (χ2v) is 5.30. The maximum absolute atomic E-state index is 11.5. The molecular weight excluding hydrogens is 254 g/mol. The first kappa shape index (κ1) is 16.5. The highest BCUT2D eigenvalue weighted by molar-refractivity contribution is 5.95. The lowest BCUT2D eigenvalue weighted by molar-refractivity contribution is 0.223. The molecule has 1 saturated heterocycles. The highest BCUT2D eigenvalue weighted by Gasteiger charge is 2.09. The van der Waals surface area contributed by atoms with Crippen LogP contribution < -0.4 is 16.4 Å². The van der Waals surface area contributed by atoms with Crippen LogP contribution in [-0.2, 0) is 0 Å². The van der Waals surface area contributed by atoms with Crippen molar-refractivity contribution in [2.75, 3.05) is 32.7 Å². The number of nitrogens with zero attached hydrogens (tertiary/aromatic N) is 2. The van der Waals surface area contributed by atoms with Gasteiger partial charge in [-0.25, -0.2) is 9.79 Å². The van der Waals surface area contributed by atoms with E-state index in [1.165, 1.54) is 32.4 Å². The summed E-state index contributed by atoms with van der Waals surface area (Å²) < 4.78 is 0. The molecule has 0 aromatic rings. The number of likely N-dealkylation sites (tertiary alicyclic amines) is 1. The molecule has 0 spiro atoms. The first-order chi connectivity index (χ1) is 9.58. The molecule has 1 fully saturated rings. The highest BCUT2D eigenvalue weighted by Crippen LogP contribution is 2.08. The fourth-order valence-corrected chi connectivity index (χ4v) is 2.11. The lowest BCUT2D eigenvalue weighted by Gasteiger charge is -2.26. The number of amides is 2. The topological polar surface area (TPSA) is 82.7 Å². The van der Waals surface area contributed by atoms with E-state index in [1.807, 2.05) is 6.92 Å². The molecule has 114 valence electrons. The second-order valence-electron chi connectivity index (χ2n) is 5.30. The summed E-state index contributed by atoms with van der Waals surface area (Å²) in [6.45, 7) is 10.1. The van der Waals surface area contributed by atoms with Crippen LogP contribution in [0.2, 0.25) is 0 Å². The van der Waals surface area contributed by atoms with Crippen LogP contribution in [0.25, 0.3) is 0 Å². The van der Waals surface area contributed by atoms with Gasteiger partial charge in [-0.3, -0.25) is 5.32 Å². The maximum atomic E-state index is 11.5.